The Balaban J connectivity index is 1.96. The van der Waals surface area contributed by atoms with Gasteiger partial charge in [0.15, 0.2) is 0 Å². The number of amides is 1. The summed E-state index contributed by atoms with van der Waals surface area (Å²) < 4.78 is 0. The van der Waals surface area contributed by atoms with E-state index in [-0.39, 0.29) is 12.5 Å². The van der Waals surface area contributed by atoms with Crippen molar-refractivity contribution < 1.29 is 9.90 Å². The molecule has 6 heteroatoms. The quantitative estimate of drug-likeness (QED) is 0.901. The van der Waals surface area contributed by atoms with Gasteiger partial charge in [0.05, 0.1) is 27.9 Å². The van der Waals surface area contributed by atoms with Crippen LogP contribution in [0.25, 0.3) is 0 Å². The fraction of sp³-hybridized carbons (Fsp3) is 0.500. The smallest absolute Gasteiger partial charge is 0.238 e. The van der Waals surface area contributed by atoms with E-state index in [1.165, 1.54) is 0 Å². The van der Waals surface area contributed by atoms with Crippen molar-refractivity contribution in [2.24, 2.45) is 0 Å². The van der Waals surface area contributed by atoms with E-state index in [2.05, 4.69) is 5.32 Å². The summed E-state index contributed by atoms with van der Waals surface area (Å²) in [4.78, 5) is 14.0. The Hall–Kier alpha value is -0.810. The van der Waals surface area contributed by atoms with E-state index in [9.17, 15) is 9.90 Å². The number of para-hydroxylation sites is 1. The number of aliphatic hydroxyl groups is 1. The first-order chi connectivity index (χ1) is 9.37. The molecule has 110 valence electrons. The van der Waals surface area contributed by atoms with E-state index in [0.717, 1.165) is 19.4 Å². The highest BCUT2D eigenvalue weighted by atomic mass is 35.5. The van der Waals surface area contributed by atoms with Gasteiger partial charge in [-0.3, -0.25) is 9.69 Å². The molecule has 0 saturated carbocycles. The Labute approximate surface area is 128 Å². The number of halogens is 2. The third-order valence-electron chi connectivity index (χ3n) is 3.35. The van der Waals surface area contributed by atoms with Crippen LogP contribution in [0.2, 0.25) is 10.0 Å². The summed E-state index contributed by atoms with van der Waals surface area (Å²) in [6, 6.07) is 5.08. The predicted octanol–water partition coefficient (Wildman–Crippen LogP) is 2.78. The Kier molecular flexibility index (Phi) is 4.91. The summed E-state index contributed by atoms with van der Waals surface area (Å²) in [7, 11) is 0. The summed E-state index contributed by atoms with van der Waals surface area (Å²) in [6.07, 6.45) is 1.65. The van der Waals surface area contributed by atoms with Crippen molar-refractivity contribution in [3.8, 4) is 0 Å². The first-order valence-electron chi connectivity index (χ1n) is 6.56. The monoisotopic (exact) mass is 316 g/mol. The maximum atomic E-state index is 12.0. The maximum absolute atomic E-state index is 12.0. The summed E-state index contributed by atoms with van der Waals surface area (Å²) in [6.45, 7) is 3.32. The van der Waals surface area contributed by atoms with Crippen molar-refractivity contribution in [1.29, 1.82) is 0 Å². The van der Waals surface area contributed by atoms with Crippen molar-refractivity contribution in [3.05, 3.63) is 28.2 Å². The van der Waals surface area contributed by atoms with Crippen LogP contribution in [-0.4, -0.2) is 41.1 Å². The molecule has 0 spiro atoms. The normalized spacial score (nSPS) is 23.6. The maximum Gasteiger partial charge on any atom is 0.238 e. The van der Waals surface area contributed by atoms with Gasteiger partial charge in [-0.1, -0.05) is 29.3 Å². The lowest BCUT2D eigenvalue weighted by Crippen LogP contribution is -2.48. The first-order valence-corrected chi connectivity index (χ1v) is 7.31. The van der Waals surface area contributed by atoms with E-state index in [1.54, 1.807) is 25.1 Å². The van der Waals surface area contributed by atoms with E-state index in [4.69, 9.17) is 23.2 Å². The molecule has 1 aliphatic rings. The van der Waals surface area contributed by atoms with Crippen LogP contribution in [0.3, 0.4) is 0 Å². The molecule has 1 heterocycles. The minimum atomic E-state index is -0.722. The summed E-state index contributed by atoms with van der Waals surface area (Å²) in [5.74, 6) is -0.183. The molecule has 1 atom stereocenters. The molecule has 4 nitrogen and oxygen atoms in total. The zero-order valence-electron chi connectivity index (χ0n) is 11.3. The van der Waals surface area contributed by atoms with Gasteiger partial charge in [0.2, 0.25) is 5.91 Å². The molecule has 0 bridgehead atoms. The van der Waals surface area contributed by atoms with Crippen LogP contribution in [0.5, 0.6) is 0 Å². The molecule has 0 radical (unpaired) electrons. The second-order valence-corrected chi connectivity index (χ2v) is 6.27. The molecule has 0 aliphatic carbocycles. The number of carbonyl (C=O) groups excluding carboxylic acids is 1. The highest BCUT2D eigenvalue weighted by Gasteiger charge is 2.29. The van der Waals surface area contributed by atoms with Crippen molar-refractivity contribution in [2.45, 2.75) is 25.4 Å². The fourth-order valence-electron chi connectivity index (χ4n) is 2.46. The lowest BCUT2D eigenvalue weighted by atomic mass is 9.95. The average molecular weight is 317 g/mol. The van der Waals surface area contributed by atoms with Crippen molar-refractivity contribution in [2.75, 3.05) is 25.0 Å². The Bertz CT molecular complexity index is 486. The number of anilines is 1. The van der Waals surface area contributed by atoms with E-state index >= 15 is 0 Å². The number of hydrogen-bond donors (Lipinski definition) is 2. The number of carbonyl (C=O) groups is 1. The van der Waals surface area contributed by atoms with Crippen LogP contribution in [0.1, 0.15) is 19.8 Å². The molecule has 2 N–H and O–H groups in total. The molecule has 1 aromatic rings. The topological polar surface area (TPSA) is 52.6 Å². The molecule has 1 saturated heterocycles. The minimum absolute atomic E-state index is 0.183. The molecule has 1 aliphatic heterocycles. The number of benzene rings is 1. The second-order valence-electron chi connectivity index (χ2n) is 5.46. The van der Waals surface area contributed by atoms with Crippen LogP contribution < -0.4 is 5.32 Å². The zero-order valence-corrected chi connectivity index (χ0v) is 12.8. The van der Waals surface area contributed by atoms with E-state index in [1.807, 2.05) is 4.90 Å². The van der Waals surface area contributed by atoms with Crippen LogP contribution in [0.4, 0.5) is 5.69 Å². The van der Waals surface area contributed by atoms with Gasteiger partial charge in [0.25, 0.3) is 0 Å². The van der Waals surface area contributed by atoms with Crippen LogP contribution in [-0.2, 0) is 4.79 Å². The molecular formula is C14H18Cl2N2O2. The third kappa shape index (κ3) is 4.09. The summed E-state index contributed by atoms with van der Waals surface area (Å²) in [5.41, 5.74) is -0.287. The van der Waals surface area contributed by atoms with Crippen molar-refractivity contribution >= 4 is 34.8 Å². The van der Waals surface area contributed by atoms with E-state index < -0.39 is 5.60 Å². The van der Waals surface area contributed by atoms with Gasteiger partial charge in [-0.15, -0.1) is 0 Å². The first kappa shape index (κ1) is 15.6. The standard InChI is InChI=1S/C14H18Cl2N2O2/c1-14(20)6-3-7-18(9-14)8-12(19)17-13-10(15)4-2-5-11(13)16/h2,4-5,20H,3,6-9H2,1H3,(H,17,19). The highest BCUT2D eigenvalue weighted by molar-refractivity contribution is 6.39. The van der Waals surface area contributed by atoms with Crippen LogP contribution in [0, 0.1) is 0 Å². The number of β-amino-alcohol motifs (C(OH)–C–C–N with tert-alkyl or cyclic N) is 1. The lowest BCUT2D eigenvalue weighted by Gasteiger charge is -2.36. The molecule has 1 unspecified atom stereocenters. The van der Waals surface area contributed by atoms with Gasteiger partial charge in [0.1, 0.15) is 0 Å². The van der Waals surface area contributed by atoms with Crippen LogP contribution >= 0.6 is 23.2 Å². The number of piperidine rings is 1. The van der Waals surface area contributed by atoms with Gasteiger partial charge >= 0.3 is 0 Å². The second kappa shape index (κ2) is 6.31. The molecule has 1 amide bonds. The molecule has 20 heavy (non-hydrogen) atoms. The summed E-state index contributed by atoms with van der Waals surface area (Å²) >= 11 is 12.0. The molecular weight excluding hydrogens is 299 g/mol. The average Bonchev–Trinajstić information content (AvgIpc) is 2.33. The summed E-state index contributed by atoms with van der Waals surface area (Å²) in [5, 5.41) is 13.6. The molecule has 1 fully saturated rings. The Morgan fingerprint density at radius 3 is 2.70 bits per heavy atom. The molecule has 0 aromatic heterocycles. The number of hydrogen-bond acceptors (Lipinski definition) is 3. The minimum Gasteiger partial charge on any atom is -0.389 e. The van der Waals surface area contributed by atoms with Gasteiger partial charge in [-0.25, -0.2) is 0 Å². The number of likely N-dealkylation sites (tertiary alicyclic amines) is 1. The fourth-order valence-corrected chi connectivity index (χ4v) is 2.95. The number of nitrogens with one attached hydrogen (secondary N) is 1. The Morgan fingerprint density at radius 1 is 1.45 bits per heavy atom. The van der Waals surface area contributed by atoms with Crippen molar-refractivity contribution in [1.82, 2.24) is 4.90 Å². The lowest BCUT2D eigenvalue weighted by molar-refractivity contribution is -0.118. The van der Waals surface area contributed by atoms with Gasteiger partial charge < -0.3 is 10.4 Å². The largest absolute Gasteiger partial charge is 0.389 e. The predicted molar refractivity (Wildman–Crippen MR) is 81.4 cm³/mol. The number of nitrogens with zero attached hydrogens (tertiary/aromatic N) is 1. The third-order valence-corrected chi connectivity index (χ3v) is 3.98. The molecule has 1 aromatic carbocycles. The SMILES string of the molecule is CC1(O)CCCN(CC(=O)Nc2c(Cl)cccc2Cl)C1. The highest BCUT2D eigenvalue weighted by Crippen LogP contribution is 2.29. The van der Waals surface area contributed by atoms with Crippen molar-refractivity contribution in [3.63, 3.8) is 0 Å². The van der Waals surface area contributed by atoms with Gasteiger partial charge in [0, 0.05) is 6.54 Å². The Morgan fingerprint density at radius 2 is 2.10 bits per heavy atom. The van der Waals surface area contributed by atoms with Gasteiger partial charge in [-0.2, -0.15) is 0 Å². The zero-order chi connectivity index (χ0) is 14.8. The molecule has 2 rings (SSSR count). The van der Waals surface area contributed by atoms with Gasteiger partial charge in [-0.05, 0) is 38.4 Å². The van der Waals surface area contributed by atoms with Crippen LogP contribution in [0.15, 0.2) is 18.2 Å². The van der Waals surface area contributed by atoms with E-state index in [0.29, 0.717) is 22.3 Å². The number of rotatable bonds is 3.